The van der Waals surface area contributed by atoms with Crippen LogP contribution >= 0.6 is 0 Å². The fourth-order valence-electron chi connectivity index (χ4n) is 3.97. The van der Waals surface area contributed by atoms with E-state index < -0.39 is 0 Å². The number of benzene rings is 5. The second-order valence-electron chi connectivity index (χ2n) is 6.85. The van der Waals surface area contributed by atoms with Crippen LogP contribution in [0.4, 0.5) is 0 Å². The van der Waals surface area contributed by atoms with E-state index >= 15 is 0 Å². The minimum atomic E-state index is 0.664. The molecule has 0 radical (unpaired) electrons. The first kappa shape index (κ1) is 14.5. The van der Waals surface area contributed by atoms with Crippen LogP contribution in [0, 0.1) is 0 Å². The van der Waals surface area contributed by atoms with Gasteiger partial charge in [0.05, 0.1) is 0 Å². The first-order valence-corrected chi connectivity index (χ1v) is 9.08. The largest absolute Gasteiger partial charge is 0.435 e. The molecule has 6 aromatic rings. The standard InChI is InChI=1S/C25H15NO/c1-2-8-17-15-18(14-13-16(17)7-1)25-26-23-21-11-5-3-9-19(21)20-10-4-6-12-22(20)24(23)27-25/h1-15H. The number of hydrogen-bond donors (Lipinski definition) is 0. The van der Waals surface area contributed by atoms with Crippen LogP contribution in [-0.4, -0.2) is 4.98 Å². The van der Waals surface area contributed by atoms with Gasteiger partial charge in [0.1, 0.15) is 5.52 Å². The summed E-state index contributed by atoms with van der Waals surface area (Å²) in [5.74, 6) is 0.664. The number of aromatic nitrogens is 1. The van der Waals surface area contributed by atoms with Gasteiger partial charge in [0.15, 0.2) is 5.58 Å². The lowest BCUT2D eigenvalue weighted by Gasteiger charge is -2.04. The van der Waals surface area contributed by atoms with Crippen LogP contribution in [0.5, 0.6) is 0 Å². The molecule has 0 fully saturated rings. The molecule has 0 atom stereocenters. The number of fused-ring (bicyclic) bond motifs is 7. The molecule has 0 N–H and O–H groups in total. The zero-order valence-electron chi connectivity index (χ0n) is 14.5. The molecular weight excluding hydrogens is 330 g/mol. The van der Waals surface area contributed by atoms with Crippen LogP contribution in [0.3, 0.4) is 0 Å². The van der Waals surface area contributed by atoms with Gasteiger partial charge in [0, 0.05) is 16.3 Å². The van der Waals surface area contributed by atoms with Gasteiger partial charge in [-0.2, -0.15) is 0 Å². The van der Waals surface area contributed by atoms with E-state index in [1.165, 1.54) is 21.5 Å². The van der Waals surface area contributed by atoms with Crippen molar-refractivity contribution in [1.29, 1.82) is 0 Å². The van der Waals surface area contributed by atoms with Crippen molar-refractivity contribution >= 4 is 43.4 Å². The second kappa shape index (κ2) is 5.42. The summed E-state index contributed by atoms with van der Waals surface area (Å²) < 4.78 is 6.31. The lowest BCUT2D eigenvalue weighted by molar-refractivity contribution is 0.623. The number of nitrogens with zero attached hydrogens (tertiary/aromatic N) is 1. The summed E-state index contributed by atoms with van der Waals surface area (Å²) in [7, 11) is 0. The van der Waals surface area contributed by atoms with Crippen molar-refractivity contribution in [3.05, 3.63) is 91.0 Å². The molecule has 5 aromatic carbocycles. The molecule has 0 aliphatic heterocycles. The van der Waals surface area contributed by atoms with Gasteiger partial charge in [-0.3, -0.25) is 0 Å². The molecule has 0 aliphatic rings. The van der Waals surface area contributed by atoms with Gasteiger partial charge >= 0.3 is 0 Å². The van der Waals surface area contributed by atoms with E-state index in [0.29, 0.717) is 5.89 Å². The number of oxazole rings is 1. The van der Waals surface area contributed by atoms with Gasteiger partial charge in [-0.15, -0.1) is 0 Å². The minimum Gasteiger partial charge on any atom is -0.435 e. The minimum absolute atomic E-state index is 0.664. The first-order valence-electron chi connectivity index (χ1n) is 9.08. The highest BCUT2D eigenvalue weighted by molar-refractivity contribution is 6.22. The second-order valence-corrected chi connectivity index (χ2v) is 6.85. The number of hydrogen-bond acceptors (Lipinski definition) is 2. The van der Waals surface area contributed by atoms with Crippen molar-refractivity contribution in [2.45, 2.75) is 0 Å². The fraction of sp³-hybridized carbons (Fsp3) is 0. The van der Waals surface area contributed by atoms with Crippen molar-refractivity contribution in [3.8, 4) is 11.5 Å². The smallest absolute Gasteiger partial charge is 0.227 e. The zero-order valence-corrected chi connectivity index (χ0v) is 14.5. The van der Waals surface area contributed by atoms with E-state index in [0.717, 1.165) is 27.4 Å². The first-order chi connectivity index (χ1) is 13.4. The van der Waals surface area contributed by atoms with Crippen LogP contribution in [0.1, 0.15) is 0 Å². The third-order valence-electron chi connectivity index (χ3n) is 5.27. The molecule has 126 valence electrons. The molecular formula is C25H15NO. The Morgan fingerprint density at radius 3 is 2.00 bits per heavy atom. The maximum atomic E-state index is 6.31. The molecule has 0 spiro atoms. The van der Waals surface area contributed by atoms with E-state index in [-0.39, 0.29) is 0 Å². The van der Waals surface area contributed by atoms with E-state index in [9.17, 15) is 0 Å². The molecule has 2 heteroatoms. The fourth-order valence-corrected chi connectivity index (χ4v) is 3.97. The van der Waals surface area contributed by atoms with Gasteiger partial charge in [-0.1, -0.05) is 78.9 Å². The highest BCUT2D eigenvalue weighted by Gasteiger charge is 2.15. The zero-order chi connectivity index (χ0) is 17.8. The summed E-state index contributed by atoms with van der Waals surface area (Å²) in [5, 5.41) is 7.04. The van der Waals surface area contributed by atoms with Crippen LogP contribution < -0.4 is 0 Å². The number of rotatable bonds is 1. The molecule has 1 aromatic heterocycles. The molecule has 0 saturated heterocycles. The van der Waals surface area contributed by atoms with Gasteiger partial charge in [-0.05, 0) is 33.7 Å². The lowest BCUT2D eigenvalue weighted by atomic mass is 10.0. The summed E-state index contributed by atoms with van der Waals surface area (Å²) in [6, 6.07) is 31.5. The van der Waals surface area contributed by atoms with E-state index in [2.05, 4.69) is 91.0 Å². The Morgan fingerprint density at radius 2 is 1.19 bits per heavy atom. The molecule has 0 aliphatic carbocycles. The van der Waals surface area contributed by atoms with Crippen LogP contribution in [0.15, 0.2) is 95.4 Å². The topological polar surface area (TPSA) is 26.0 Å². The Labute approximate surface area is 155 Å². The maximum Gasteiger partial charge on any atom is 0.227 e. The van der Waals surface area contributed by atoms with E-state index in [1.54, 1.807) is 0 Å². The molecule has 0 saturated carbocycles. The molecule has 2 nitrogen and oxygen atoms in total. The Hall–Kier alpha value is -3.65. The van der Waals surface area contributed by atoms with Gasteiger partial charge in [0.25, 0.3) is 0 Å². The molecule has 27 heavy (non-hydrogen) atoms. The summed E-state index contributed by atoms with van der Waals surface area (Å²) >= 11 is 0. The predicted octanol–water partition coefficient (Wildman–Crippen LogP) is 6.95. The quantitative estimate of drug-likeness (QED) is 0.301. The van der Waals surface area contributed by atoms with Crippen molar-refractivity contribution in [2.75, 3.05) is 0 Å². The van der Waals surface area contributed by atoms with Crippen molar-refractivity contribution in [3.63, 3.8) is 0 Å². The van der Waals surface area contributed by atoms with Gasteiger partial charge in [-0.25, -0.2) is 4.98 Å². The van der Waals surface area contributed by atoms with Crippen molar-refractivity contribution in [1.82, 2.24) is 4.98 Å². The third-order valence-corrected chi connectivity index (χ3v) is 5.27. The van der Waals surface area contributed by atoms with Crippen LogP contribution in [0.25, 0.3) is 54.9 Å². The van der Waals surface area contributed by atoms with Crippen molar-refractivity contribution < 1.29 is 4.42 Å². The monoisotopic (exact) mass is 345 g/mol. The average molecular weight is 345 g/mol. The highest BCUT2D eigenvalue weighted by atomic mass is 16.3. The SMILES string of the molecule is c1ccc2cc(-c3nc4c5ccccc5c5ccccc5c4o3)ccc2c1. The summed E-state index contributed by atoms with van der Waals surface area (Å²) in [6.45, 7) is 0. The summed E-state index contributed by atoms with van der Waals surface area (Å²) in [5.41, 5.74) is 2.78. The third kappa shape index (κ3) is 2.10. The predicted molar refractivity (Wildman–Crippen MR) is 112 cm³/mol. The average Bonchev–Trinajstić information content (AvgIpc) is 3.20. The Morgan fingerprint density at radius 1 is 0.556 bits per heavy atom. The lowest BCUT2D eigenvalue weighted by Crippen LogP contribution is -1.81. The Balaban J connectivity index is 1.72. The van der Waals surface area contributed by atoms with Gasteiger partial charge < -0.3 is 4.42 Å². The van der Waals surface area contributed by atoms with Crippen molar-refractivity contribution in [2.24, 2.45) is 0 Å². The van der Waals surface area contributed by atoms with Crippen LogP contribution in [-0.2, 0) is 0 Å². The summed E-state index contributed by atoms with van der Waals surface area (Å²) in [6.07, 6.45) is 0. The molecule has 1 heterocycles. The molecule has 0 amide bonds. The maximum absolute atomic E-state index is 6.31. The molecule has 6 rings (SSSR count). The summed E-state index contributed by atoms with van der Waals surface area (Å²) in [4.78, 5) is 4.90. The highest BCUT2D eigenvalue weighted by Crippen LogP contribution is 2.37. The molecule has 0 bridgehead atoms. The normalized spacial score (nSPS) is 11.7. The Bertz CT molecular complexity index is 1400. The van der Waals surface area contributed by atoms with Gasteiger partial charge in [0.2, 0.25) is 5.89 Å². The molecule has 0 unspecified atom stereocenters. The van der Waals surface area contributed by atoms with Crippen LogP contribution in [0.2, 0.25) is 0 Å². The van der Waals surface area contributed by atoms with E-state index in [1.807, 2.05) is 0 Å². The van der Waals surface area contributed by atoms with E-state index in [4.69, 9.17) is 9.40 Å². The Kier molecular flexibility index (Phi) is 2.91.